The molecule has 1 aliphatic rings. The van der Waals surface area contributed by atoms with E-state index in [-0.39, 0.29) is 16.7 Å². The van der Waals surface area contributed by atoms with Gasteiger partial charge in [0.25, 0.3) is 0 Å². The molecule has 4 atom stereocenters. The van der Waals surface area contributed by atoms with E-state index >= 15 is 0 Å². The Kier molecular flexibility index (Phi) is 7.21. The monoisotopic (exact) mass is 474 g/mol. The van der Waals surface area contributed by atoms with Crippen molar-refractivity contribution in [2.24, 2.45) is 0 Å². The number of hydrogen-bond acceptors (Lipinski definition) is 8. The highest BCUT2D eigenvalue weighted by Crippen LogP contribution is 2.27. The molecule has 0 aliphatic carbocycles. The molecule has 1 fully saturated rings. The molecule has 0 N–H and O–H groups in total. The maximum Gasteiger partial charge on any atom is 0.352 e. The van der Waals surface area contributed by atoms with Crippen LogP contribution in [-0.4, -0.2) is 48.3 Å². The zero-order chi connectivity index (χ0) is 24.8. The summed E-state index contributed by atoms with van der Waals surface area (Å²) in [5.74, 6) is -3.23. The number of hydrogen-bond donors (Lipinski definition) is 0. The fourth-order valence-corrected chi connectivity index (χ4v) is 3.59. The van der Waals surface area contributed by atoms with Crippen LogP contribution < -0.4 is 0 Å². The number of carbonyl (C=O) groups excluding carboxylic acids is 4. The summed E-state index contributed by atoms with van der Waals surface area (Å²) in [5, 5.41) is 0. The molecule has 4 rings (SSSR count). The second kappa shape index (κ2) is 10.6. The van der Waals surface area contributed by atoms with Crippen LogP contribution in [0.5, 0.6) is 0 Å². The van der Waals surface area contributed by atoms with Gasteiger partial charge >= 0.3 is 23.9 Å². The Morgan fingerprint density at radius 1 is 0.600 bits per heavy atom. The van der Waals surface area contributed by atoms with E-state index in [1.165, 1.54) is 31.2 Å². The Labute approximate surface area is 201 Å². The van der Waals surface area contributed by atoms with Gasteiger partial charge in [0.15, 0.2) is 12.2 Å². The zero-order valence-electron chi connectivity index (χ0n) is 18.7. The maximum atomic E-state index is 12.9. The lowest BCUT2D eigenvalue weighted by atomic mass is 9.99. The van der Waals surface area contributed by atoms with E-state index in [4.69, 9.17) is 18.9 Å². The van der Waals surface area contributed by atoms with Crippen molar-refractivity contribution < 1.29 is 38.1 Å². The molecule has 3 aromatic carbocycles. The van der Waals surface area contributed by atoms with Crippen LogP contribution in [0, 0.1) is 0 Å². The van der Waals surface area contributed by atoms with Crippen molar-refractivity contribution >= 4 is 23.9 Å². The lowest BCUT2D eigenvalue weighted by molar-refractivity contribution is -0.200. The third-order valence-electron chi connectivity index (χ3n) is 5.37. The molecule has 1 aliphatic heterocycles. The summed E-state index contributed by atoms with van der Waals surface area (Å²) < 4.78 is 22.0. The minimum Gasteiger partial charge on any atom is -0.456 e. The maximum absolute atomic E-state index is 12.9. The molecule has 8 nitrogen and oxygen atoms in total. The van der Waals surface area contributed by atoms with Crippen molar-refractivity contribution in [2.45, 2.75) is 31.3 Å². The largest absolute Gasteiger partial charge is 0.456 e. The highest BCUT2D eigenvalue weighted by molar-refractivity contribution is 5.93. The Bertz CT molecular complexity index is 1190. The van der Waals surface area contributed by atoms with Crippen molar-refractivity contribution in [1.82, 2.24) is 0 Å². The Morgan fingerprint density at radius 3 is 1.40 bits per heavy atom. The molecule has 0 bridgehead atoms. The SMILES string of the molecule is CC1OC(=O)C(OC(=O)c2ccccc2)[C@@H](OC(=O)c2ccccc2)[C@H]1OC(=O)c1ccccc1. The van der Waals surface area contributed by atoms with Crippen molar-refractivity contribution in [3.63, 3.8) is 0 Å². The van der Waals surface area contributed by atoms with E-state index in [0.29, 0.717) is 0 Å². The normalized spacial score (nSPS) is 21.3. The zero-order valence-corrected chi connectivity index (χ0v) is 18.7. The molecule has 0 amide bonds. The molecule has 3 aromatic rings. The number of ether oxygens (including phenoxy) is 4. The topological polar surface area (TPSA) is 105 Å². The number of rotatable bonds is 6. The van der Waals surface area contributed by atoms with E-state index in [2.05, 4.69) is 0 Å². The number of esters is 4. The summed E-state index contributed by atoms with van der Waals surface area (Å²) in [6.07, 6.45) is -5.31. The number of cyclic esters (lactones) is 1. The van der Waals surface area contributed by atoms with Crippen molar-refractivity contribution in [2.75, 3.05) is 0 Å². The van der Waals surface area contributed by atoms with Crippen LogP contribution in [0.2, 0.25) is 0 Å². The molecule has 35 heavy (non-hydrogen) atoms. The standard InChI is InChI=1S/C27H22O8/c1-17-21(33-24(28)18-11-5-2-6-12-18)22(34-25(29)19-13-7-3-8-14-19)23(27(31)32-17)35-26(30)20-15-9-4-10-16-20/h2-17,21-23H,1H3/t17?,21-,22-,23?/m0/s1. The first-order chi connectivity index (χ1) is 16.9. The average molecular weight is 474 g/mol. The minimum absolute atomic E-state index is 0.185. The third-order valence-corrected chi connectivity index (χ3v) is 5.37. The molecule has 0 radical (unpaired) electrons. The van der Waals surface area contributed by atoms with Gasteiger partial charge in [0, 0.05) is 0 Å². The molecule has 2 unspecified atom stereocenters. The first-order valence-electron chi connectivity index (χ1n) is 10.9. The first kappa shape index (κ1) is 23.7. The first-order valence-corrected chi connectivity index (χ1v) is 10.9. The van der Waals surface area contributed by atoms with Crippen LogP contribution in [0.3, 0.4) is 0 Å². The minimum atomic E-state index is -1.65. The fourth-order valence-electron chi connectivity index (χ4n) is 3.59. The fraction of sp³-hybridized carbons (Fsp3) is 0.185. The third kappa shape index (κ3) is 5.55. The highest BCUT2D eigenvalue weighted by atomic mass is 16.7. The van der Waals surface area contributed by atoms with Crippen LogP contribution in [0.1, 0.15) is 38.0 Å². The van der Waals surface area contributed by atoms with E-state index in [0.717, 1.165) is 0 Å². The predicted octanol–water partition coefficient (Wildman–Crippen LogP) is 3.61. The van der Waals surface area contributed by atoms with E-state index < -0.39 is 48.3 Å². The molecule has 1 saturated heterocycles. The lowest BCUT2D eigenvalue weighted by Gasteiger charge is -2.38. The van der Waals surface area contributed by atoms with Crippen LogP contribution in [0.4, 0.5) is 0 Å². The Hall–Kier alpha value is -4.46. The van der Waals surface area contributed by atoms with Crippen molar-refractivity contribution in [3.8, 4) is 0 Å². The summed E-state index contributed by atoms with van der Waals surface area (Å²) in [7, 11) is 0. The average Bonchev–Trinajstić information content (AvgIpc) is 2.89. The van der Waals surface area contributed by atoms with Gasteiger partial charge < -0.3 is 18.9 Å². The van der Waals surface area contributed by atoms with Gasteiger partial charge in [0.1, 0.15) is 6.10 Å². The van der Waals surface area contributed by atoms with Gasteiger partial charge in [0.05, 0.1) is 16.7 Å². The summed E-state index contributed by atoms with van der Waals surface area (Å²) in [6.45, 7) is 1.50. The second-order valence-electron chi connectivity index (χ2n) is 7.81. The van der Waals surface area contributed by atoms with Gasteiger partial charge in [0.2, 0.25) is 6.10 Å². The molecule has 178 valence electrons. The van der Waals surface area contributed by atoms with Crippen LogP contribution in [-0.2, 0) is 23.7 Å². The number of benzene rings is 3. The van der Waals surface area contributed by atoms with Gasteiger partial charge in [-0.05, 0) is 43.3 Å². The summed E-state index contributed by atoms with van der Waals surface area (Å²) in [5.41, 5.74) is 0.646. The summed E-state index contributed by atoms with van der Waals surface area (Å²) >= 11 is 0. The summed E-state index contributed by atoms with van der Waals surface area (Å²) in [4.78, 5) is 51.1. The molecular weight excluding hydrogens is 452 g/mol. The van der Waals surface area contributed by atoms with E-state index in [1.807, 2.05) is 0 Å². The van der Waals surface area contributed by atoms with Crippen molar-refractivity contribution in [1.29, 1.82) is 0 Å². The predicted molar refractivity (Wildman–Crippen MR) is 122 cm³/mol. The van der Waals surface area contributed by atoms with Crippen LogP contribution in [0.25, 0.3) is 0 Å². The second-order valence-corrected chi connectivity index (χ2v) is 7.81. The van der Waals surface area contributed by atoms with Crippen molar-refractivity contribution in [3.05, 3.63) is 108 Å². The van der Waals surface area contributed by atoms with Gasteiger partial charge in [-0.3, -0.25) is 0 Å². The van der Waals surface area contributed by atoms with Crippen LogP contribution >= 0.6 is 0 Å². The summed E-state index contributed by atoms with van der Waals surface area (Å²) in [6, 6.07) is 24.3. The molecule has 0 aromatic heterocycles. The highest BCUT2D eigenvalue weighted by Gasteiger charge is 2.51. The van der Waals surface area contributed by atoms with Crippen LogP contribution in [0.15, 0.2) is 91.0 Å². The number of carbonyl (C=O) groups is 4. The molecular formula is C27H22O8. The Balaban J connectivity index is 1.64. The Morgan fingerprint density at radius 2 is 0.971 bits per heavy atom. The lowest BCUT2D eigenvalue weighted by Crippen LogP contribution is -2.59. The molecule has 8 heteroatoms. The van der Waals surface area contributed by atoms with Gasteiger partial charge in [-0.25, -0.2) is 19.2 Å². The van der Waals surface area contributed by atoms with Gasteiger partial charge in [-0.15, -0.1) is 0 Å². The smallest absolute Gasteiger partial charge is 0.352 e. The molecule has 0 spiro atoms. The van der Waals surface area contributed by atoms with Gasteiger partial charge in [-0.2, -0.15) is 0 Å². The van der Waals surface area contributed by atoms with E-state index in [1.54, 1.807) is 66.7 Å². The van der Waals surface area contributed by atoms with Gasteiger partial charge in [-0.1, -0.05) is 54.6 Å². The molecule has 0 saturated carbocycles. The molecule has 1 heterocycles. The quantitative estimate of drug-likeness (QED) is 0.394. The van der Waals surface area contributed by atoms with E-state index in [9.17, 15) is 19.2 Å².